The van der Waals surface area contributed by atoms with E-state index in [0.29, 0.717) is 22.3 Å². The number of aromatic amines is 1. The Bertz CT molecular complexity index is 659. The summed E-state index contributed by atoms with van der Waals surface area (Å²) in [6.07, 6.45) is -4.34. The van der Waals surface area contributed by atoms with Crippen LogP contribution in [0.4, 0.5) is 13.2 Å². The minimum Gasteiger partial charge on any atom is -0.331 e. The van der Waals surface area contributed by atoms with Crippen LogP contribution in [0.5, 0.6) is 0 Å². The van der Waals surface area contributed by atoms with E-state index in [1.807, 2.05) is 4.57 Å². The minimum atomic E-state index is -4.34. The van der Waals surface area contributed by atoms with Crippen LogP contribution in [0.25, 0.3) is 11.0 Å². The number of imidazole rings is 1. The lowest BCUT2D eigenvalue weighted by molar-refractivity contribution is -0.137. The highest BCUT2D eigenvalue weighted by Crippen LogP contribution is 2.31. The Balaban J connectivity index is 2.58. The first-order chi connectivity index (χ1) is 8.58. The number of halogens is 3. The average molecular weight is 288 g/mol. The van der Waals surface area contributed by atoms with E-state index in [1.165, 1.54) is 6.07 Å². The number of benzene rings is 1. The molecule has 0 amide bonds. The van der Waals surface area contributed by atoms with Gasteiger partial charge in [0, 0.05) is 6.54 Å². The Morgan fingerprint density at radius 3 is 2.37 bits per heavy atom. The van der Waals surface area contributed by atoms with E-state index < -0.39 is 11.7 Å². The number of nitrogens with one attached hydrogen (secondary N) is 1. The maximum atomic E-state index is 12.6. The lowest BCUT2D eigenvalue weighted by Gasteiger charge is -2.19. The Labute approximate surface area is 114 Å². The van der Waals surface area contributed by atoms with Gasteiger partial charge in [-0.2, -0.15) is 13.2 Å². The van der Waals surface area contributed by atoms with Crippen molar-refractivity contribution in [1.82, 2.24) is 9.55 Å². The first-order valence-corrected chi connectivity index (χ1v) is 6.28. The molecule has 1 N–H and O–H groups in total. The highest BCUT2D eigenvalue weighted by Gasteiger charge is 2.30. The summed E-state index contributed by atoms with van der Waals surface area (Å²) in [7, 11) is 0. The number of nitrogens with zero attached hydrogens (tertiary/aromatic N) is 1. The van der Waals surface area contributed by atoms with Gasteiger partial charge in [0.25, 0.3) is 0 Å². The van der Waals surface area contributed by atoms with Crippen molar-refractivity contribution in [1.29, 1.82) is 0 Å². The van der Waals surface area contributed by atoms with Gasteiger partial charge in [-0.3, -0.25) is 0 Å². The Morgan fingerprint density at radius 1 is 1.21 bits per heavy atom. The first-order valence-electron chi connectivity index (χ1n) is 5.88. The van der Waals surface area contributed by atoms with Gasteiger partial charge in [-0.25, -0.2) is 0 Å². The van der Waals surface area contributed by atoms with Gasteiger partial charge in [0.1, 0.15) is 0 Å². The normalized spacial score (nSPS) is 13.2. The van der Waals surface area contributed by atoms with Gasteiger partial charge < -0.3 is 9.55 Å². The molecule has 0 aliphatic heterocycles. The van der Waals surface area contributed by atoms with E-state index in [-0.39, 0.29) is 5.41 Å². The van der Waals surface area contributed by atoms with Gasteiger partial charge >= 0.3 is 6.18 Å². The van der Waals surface area contributed by atoms with Crippen LogP contribution in [0, 0.1) is 10.2 Å². The SMILES string of the molecule is CC(C)(C)Cn1c(=S)[nH]c2cc(C(F)(F)F)ccc21. The van der Waals surface area contributed by atoms with Crippen molar-refractivity contribution in [2.45, 2.75) is 33.5 Å². The molecule has 2 nitrogen and oxygen atoms in total. The summed E-state index contributed by atoms with van der Waals surface area (Å²) in [5, 5.41) is 0. The first kappa shape index (κ1) is 14.1. The van der Waals surface area contributed by atoms with Crippen LogP contribution >= 0.6 is 12.2 Å². The molecule has 0 aliphatic carbocycles. The predicted molar refractivity (Wildman–Crippen MR) is 71.6 cm³/mol. The van der Waals surface area contributed by atoms with Crippen LogP contribution in [0.15, 0.2) is 18.2 Å². The third kappa shape index (κ3) is 3.00. The summed E-state index contributed by atoms with van der Waals surface area (Å²) in [5.74, 6) is 0. The Hall–Kier alpha value is -1.30. The number of fused-ring (bicyclic) bond motifs is 1. The lowest BCUT2D eigenvalue weighted by Crippen LogP contribution is -2.15. The number of aromatic nitrogens is 2. The highest BCUT2D eigenvalue weighted by atomic mass is 32.1. The third-order valence-electron chi connectivity index (χ3n) is 2.73. The summed E-state index contributed by atoms with van der Waals surface area (Å²) in [6.45, 7) is 6.81. The van der Waals surface area contributed by atoms with Crippen molar-refractivity contribution in [3.8, 4) is 0 Å². The molecule has 0 atom stereocenters. The molecule has 1 aromatic carbocycles. The monoisotopic (exact) mass is 288 g/mol. The molecule has 1 heterocycles. The third-order valence-corrected chi connectivity index (χ3v) is 3.06. The topological polar surface area (TPSA) is 20.7 Å². The number of hydrogen-bond donors (Lipinski definition) is 1. The second-order valence-electron chi connectivity index (χ2n) is 5.81. The van der Waals surface area contributed by atoms with Crippen LogP contribution in [-0.4, -0.2) is 9.55 Å². The van der Waals surface area contributed by atoms with Crippen molar-refractivity contribution in [3.63, 3.8) is 0 Å². The highest BCUT2D eigenvalue weighted by molar-refractivity contribution is 7.71. The molecular formula is C13H15F3N2S. The molecule has 0 radical (unpaired) electrons. The summed E-state index contributed by atoms with van der Waals surface area (Å²) >= 11 is 5.18. The zero-order chi connectivity index (χ0) is 14.4. The molecule has 0 spiro atoms. The molecule has 1 aromatic heterocycles. The zero-order valence-corrected chi connectivity index (χ0v) is 11.7. The van der Waals surface area contributed by atoms with Crippen LogP contribution < -0.4 is 0 Å². The van der Waals surface area contributed by atoms with E-state index in [9.17, 15) is 13.2 Å². The van der Waals surface area contributed by atoms with Crippen molar-refractivity contribution in [2.75, 3.05) is 0 Å². The zero-order valence-electron chi connectivity index (χ0n) is 10.9. The largest absolute Gasteiger partial charge is 0.416 e. The fraction of sp³-hybridized carbons (Fsp3) is 0.462. The van der Waals surface area contributed by atoms with Gasteiger partial charge in [-0.1, -0.05) is 20.8 Å². The van der Waals surface area contributed by atoms with Crippen molar-refractivity contribution >= 4 is 23.3 Å². The molecule has 2 aromatic rings. The fourth-order valence-corrected chi connectivity index (χ4v) is 2.24. The van der Waals surface area contributed by atoms with Gasteiger partial charge in [-0.15, -0.1) is 0 Å². The number of alkyl halides is 3. The van der Waals surface area contributed by atoms with Crippen LogP contribution in [0.2, 0.25) is 0 Å². The molecule has 6 heteroatoms. The van der Waals surface area contributed by atoms with E-state index in [2.05, 4.69) is 25.8 Å². The number of rotatable bonds is 1. The molecule has 19 heavy (non-hydrogen) atoms. The summed E-state index contributed by atoms with van der Waals surface area (Å²) in [6, 6.07) is 3.66. The van der Waals surface area contributed by atoms with Gasteiger partial charge in [0.2, 0.25) is 0 Å². The molecule has 0 saturated carbocycles. The quantitative estimate of drug-likeness (QED) is 0.750. The van der Waals surface area contributed by atoms with Crippen molar-refractivity contribution < 1.29 is 13.2 Å². The van der Waals surface area contributed by atoms with Gasteiger partial charge in [0.15, 0.2) is 4.77 Å². The summed E-state index contributed by atoms with van der Waals surface area (Å²) < 4.78 is 40.2. The van der Waals surface area contributed by atoms with Crippen LogP contribution in [0.1, 0.15) is 26.3 Å². The van der Waals surface area contributed by atoms with Crippen molar-refractivity contribution in [3.05, 3.63) is 28.5 Å². The second kappa shape index (κ2) is 4.37. The molecule has 0 bridgehead atoms. The molecular weight excluding hydrogens is 273 g/mol. The number of H-pyrrole nitrogens is 1. The molecule has 2 rings (SSSR count). The van der Waals surface area contributed by atoms with Gasteiger partial charge in [-0.05, 0) is 35.8 Å². The maximum absolute atomic E-state index is 12.6. The minimum absolute atomic E-state index is 0.00392. The second-order valence-corrected chi connectivity index (χ2v) is 6.19. The fourth-order valence-electron chi connectivity index (χ4n) is 1.97. The van der Waals surface area contributed by atoms with Crippen LogP contribution in [-0.2, 0) is 12.7 Å². The Morgan fingerprint density at radius 2 is 1.84 bits per heavy atom. The molecule has 0 fully saturated rings. The summed E-state index contributed by atoms with van der Waals surface area (Å²) in [4.78, 5) is 2.84. The molecule has 0 aliphatic rings. The van der Waals surface area contributed by atoms with E-state index in [0.717, 1.165) is 12.1 Å². The predicted octanol–water partition coefficient (Wildman–Crippen LogP) is 4.76. The van der Waals surface area contributed by atoms with Crippen LogP contribution in [0.3, 0.4) is 0 Å². The summed E-state index contributed by atoms with van der Waals surface area (Å²) in [5.41, 5.74) is 0.451. The van der Waals surface area contributed by atoms with E-state index in [1.54, 1.807) is 0 Å². The van der Waals surface area contributed by atoms with E-state index >= 15 is 0 Å². The standard InChI is InChI=1S/C13H15F3N2S/c1-12(2,3)7-18-10-5-4-8(13(14,15)16)6-9(10)17-11(18)19/h4-6H,7H2,1-3H3,(H,17,19). The van der Waals surface area contributed by atoms with Crippen molar-refractivity contribution in [2.24, 2.45) is 5.41 Å². The van der Waals surface area contributed by atoms with E-state index in [4.69, 9.17) is 12.2 Å². The molecule has 0 unspecified atom stereocenters. The maximum Gasteiger partial charge on any atom is 0.416 e. The number of hydrogen-bond acceptors (Lipinski definition) is 1. The molecule has 0 saturated heterocycles. The molecule has 104 valence electrons. The smallest absolute Gasteiger partial charge is 0.331 e. The Kier molecular flexibility index (Phi) is 3.24. The average Bonchev–Trinajstić information content (AvgIpc) is 2.51. The lowest BCUT2D eigenvalue weighted by atomic mass is 9.97. The van der Waals surface area contributed by atoms with Gasteiger partial charge in [0.05, 0.1) is 16.6 Å².